The first-order chi connectivity index (χ1) is 18.6. The second-order valence-electron chi connectivity index (χ2n) is 9.54. The van der Waals surface area contributed by atoms with Gasteiger partial charge in [0.25, 0.3) is 0 Å². The number of thiophene rings is 1. The van der Waals surface area contributed by atoms with Crippen LogP contribution in [0.3, 0.4) is 0 Å². The van der Waals surface area contributed by atoms with Gasteiger partial charge in [-0.2, -0.15) is 5.26 Å². The Morgan fingerprint density at radius 2 is 1.82 bits per heavy atom. The number of benzene rings is 1. The van der Waals surface area contributed by atoms with Crippen LogP contribution < -0.4 is 19.7 Å². The maximum absolute atomic E-state index is 12.2. The van der Waals surface area contributed by atoms with Crippen LogP contribution in [0.4, 0.5) is 5.00 Å². The van der Waals surface area contributed by atoms with E-state index in [1.165, 1.54) is 32.1 Å². The van der Waals surface area contributed by atoms with E-state index in [2.05, 4.69) is 29.3 Å². The quantitative estimate of drug-likeness (QED) is 0.162. The molecule has 1 aromatic heterocycles. The number of hydrogen-bond donors (Lipinski definition) is 1. The van der Waals surface area contributed by atoms with Gasteiger partial charge >= 0.3 is 5.97 Å². The number of rotatable bonds is 15. The predicted octanol–water partition coefficient (Wildman–Crippen LogP) is 6.29. The number of carbonyl (C=O) groups excluding carboxylic acids is 1. The lowest BCUT2D eigenvalue weighted by atomic mass is 10.1. The van der Waals surface area contributed by atoms with Crippen LogP contribution in [-0.4, -0.2) is 52.5 Å². The summed E-state index contributed by atoms with van der Waals surface area (Å²) in [6, 6.07) is 11.9. The fourth-order valence-electron chi connectivity index (χ4n) is 4.56. The number of nitrogens with zero attached hydrogens (tertiary/aromatic N) is 2. The first-order valence-electron chi connectivity index (χ1n) is 13.7. The minimum atomic E-state index is -0.155. The van der Waals surface area contributed by atoms with Gasteiger partial charge in [0.05, 0.1) is 37.4 Å². The number of nitriles is 1. The number of anilines is 1. The van der Waals surface area contributed by atoms with E-state index < -0.39 is 0 Å². The molecule has 0 atom stereocenters. The zero-order chi connectivity index (χ0) is 27.2. The molecule has 2 heterocycles. The van der Waals surface area contributed by atoms with Gasteiger partial charge in [0.1, 0.15) is 6.10 Å². The summed E-state index contributed by atoms with van der Waals surface area (Å²) in [5, 5.41) is 14.1. The molecule has 38 heavy (non-hydrogen) atoms. The van der Waals surface area contributed by atoms with Gasteiger partial charge in [0, 0.05) is 30.8 Å². The summed E-state index contributed by atoms with van der Waals surface area (Å²) >= 11 is 1.66. The topological polar surface area (TPSA) is 83.8 Å². The third kappa shape index (κ3) is 9.07. The molecule has 2 aromatic rings. The Balaban J connectivity index is 1.44. The van der Waals surface area contributed by atoms with E-state index in [1.54, 1.807) is 25.6 Å². The Labute approximate surface area is 231 Å². The highest BCUT2D eigenvalue weighted by Gasteiger charge is 2.23. The fraction of sp³-hybridized carbons (Fsp3) is 0.533. The summed E-state index contributed by atoms with van der Waals surface area (Å²) in [7, 11) is 3.18. The van der Waals surface area contributed by atoms with E-state index in [1.807, 2.05) is 30.3 Å². The molecule has 1 aromatic carbocycles. The molecule has 0 aliphatic carbocycles. The first kappa shape index (κ1) is 29.5. The minimum absolute atomic E-state index is 0.0239. The Bertz CT molecular complexity index is 1080. The van der Waals surface area contributed by atoms with Crippen LogP contribution in [0.5, 0.6) is 11.5 Å². The normalized spacial score (nSPS) is 14.3. The molecule has 1 fully saturated rings. The van der Waals surface area contributed by atoms with Crippen LogP contribution in [0.2, 0.25) is 0 Å². The lowest BCUT2D eigenvalue weighted by Crippen LogP contribution is -2.38. The van der Waals surface area contributed by atoms with Crippen molar-refractivity contribution in [2.75, 3.05) is 45.3 Å². The lowest BCUT2D eigenvalue weighted by Gasteiger charge is -2.32. The molecule has 0 spiro atoms. The van der Waals surface area contributed by atoms with Crippen LogP contribution in [0.15, 0.2) is 30.3 Å². The zero-order valence-electron chi connectivity index (χ0n) is 23.0. The highest BCUT2D eigenvalue weighted by molar-refractivity contribution is 7.17. The Hall–Kier alpha value is -3.02. The van der Waals surface area contributed by atoms with E-state index in [4.69, 9.17) is 14.2 Å². The van der Waals surface area contributed by atoms with E-state index >= 15 is 0 Å². The van der Waals surface area contributed by atoms with Gasteiger partial charge in [-0.3, -0.25) is 4.79 Å². The molecule has 206 valence electrons. The third-order valence-corrected chi connectivity index (χ3v) is 7.84. The molecule has 0 bridgehead atoms. The van der Waals surface area contributed by atoms with E-state index in [9.17, 15) is 10.1 Å². The van der Waals surface area contributed by atoms with Crippen molar-refractivity contribution in [1.82, 2.24) is 5.32 Å². The third-order valence-electron chi connectivity index (χ3n) is 6.74. The van der Waals surface area contributed by atoms with E-state index in [0.717, 1.165) is 54.3 Å². The molecule has 1 aliphatic heterocycles. The summed E-state index contributed by atoms with van der Waals surface area (Å²) in [6.07, 6.45) is 11.0. The molecule has 0 unspecified atom stereocenters. The maximum Gasteiger partial charge on any atom is 0.320 e. The molecule has 0 saturated carbocycles. The molecule has 3 rings (SSSR count). The van der Waals surface area contributed by atoms with Crippen molar-refractivity contribution < 1.29 is 19.0 Å². The number of carbonyl (C=O) groups is 1. The van der Waals surface area contributed by atoms with Gasteiger partial charge in [-0.05, 0) is 54.9 Å². The Morgan fingerprint density at radius 3 is 2.53 bits per heavy atom. The second-order valence-corrected chi connectivity index (χ2v) is 10.6. The zero-order valence-corrected chi connectivity index (χ0v) is 23.8. The first-order valence-corrected chi connectivity index (χ1v) is 14.5. The van der Waals surface area contributed by atoms with Gasteiger partial charge < -0.3 is 24.4 Å². The molecule has 8 heteroatoms. The summed E-state index contributed by atoms with van der Waals surface area (Å²) in [4.78, 5) is 15.6. The average Bonchev–Trinajstić information content (AvgIpc) is 3.41. The number of methoxy groups -OCH3 is 2. The molecular formula is C30H41N3O4S. The largest absolute Gasteiger partial charge is 0.493 e. The highest BCUT2D eigenvalue weighted by atomic mass is 32.1. The molecule has 1 N–H and O–H groups in total. The summed E-state index contributed by atoms with van der Waals surface area (Å²) in [6.45, 7) is 5.07. The summed E-state index contributed by atoms with van der Waals surface area (Å²) in [5.41, 5.74) is 1.35. The predicted molar refractivity (Wildman–Crippen MR) is 155 cm³/mol. The smallest absolute Gasteiger partial charge is 0.320 e. The van der Waals surface area contributed by atoms with Crippen molar-refractivity contribution in [3.05, 3.63) is 40.8 Å². The molecule has 1 saturated heterocycles. The number of hydrogen-bond acceptors (Lipinski definition) is 8. The van der Waals surface area contributed by atoms with Gasteiger partial charge in [-0.25, -0.2) is 0 Å². The molecular weight excluding hydrogens is 498 g/mol. The average molecular weight is 540 g/mol. The van der Waals surface area contributed by atoms with Crippen molar-refractivity contribution in [3.63, 3.8) is 0 Å². The van der Waals surface area contributed by atoms with Crippen LogP contribution in [-0.2, 0) is 9.53 Å². The number of ether oxygens (including phenoxy) is 3. The van der Waals surface area contributed by atoms with Crippen LogP contribution >= 0.6 is 11.3 Å². The van der Waals surface area contributed by atoms with Crippen LogP contribution in [0.25, 0.3) is 11.6 Å². The van der Waals surface area contributed by atoms with Crippen molar-refractivity contribution in [2.45, 2.75) is 64.4 Å². The van der Waals surface area contributed by atoms with Crippen molar-refractivity contribution in [2.24, 2.45) is 0 Å². The molecule has 1 aliphatic rings. The van der Waals surface area contributed by atoms with E-state index in [0.29, 0.717) is 17.1 Å². The van der Waals surface area contributed by atoms with Gasteiger partial charge in [-0.1, -0.05) is 39.0 Å². The Kier molecular flexibility index (Phi) is 12.5. The van der Waals surface area contributed by atoms with E-state index in [-0.39, 0.29) is 18.6 Å². The summed E-state index contributed by atoms with van der Waals surface area (Å²) in [5.74, 6) is 1.07. The van der Waals surface area contributed by atoms with Crippen LogP contribution in [0.1, 0.15) is 68.7 Å². The monoisotopic (exact) mass is 539 g/mol. The highest BCUT2D eigenvalue weighted by Crippen LogP contribution is 2.34. The molecule has 7 nitrogen and oxygen atoms in total. The standard InChI is InChI=1S/C30H41N3O4S/c1-4-5-6-7-8-9-16-32-22-30(34)37-25-14-17-33(18-15-25)29-13-11-26(38-29)19-24(21-31)23-10-12-27(35-2)28(20-23)36-3/h10-13,19-20,25,32H,4-9,14-18,22H2,1-3H3/b24-19+. The second kappa shape index (κ2) is 16.1. The number of esters is 1. The SMILES string of the molecule is CCCCCCCCNCC(=O)OC1CCN(c2ccc(/C=C(\C#N)c3ccc(OC)c(OC)c3)s2)CC1. The minimum Gasteiger partial charge on any atom is -0.493 e. The molecule has 0 amide bonds. The fourth-order valence-corrected chi connectivity index (χ4v) is 5.56. The number of nitrogens with one attached hydrogen (secondary N) is 1. The van der Waals surface area contributed by atoms with Gasteiger partial charge in [-0.15, -0.1) is 11.3 Å². The lowest BCUT2D eigenvalue weighted by molar-refractivity contribution is -0.148. The van der Waals surface area contributed by atoms with Crippen molar-refractivity contribution >= 4 is 34.0 Å². The number of piperidine rings is 1. The number of unbranched alkanes of at least 4 members (excludes halogenated alkanes) is 5. The molecule has 0 radical (unpaired) electrons. The maximum atomic E-state index is 12.2. The summed E-state index contributed by atoms with van der Waals surface area (Å²) < 4.78 is 16.4. The van der Waals surface area contributed by atoms with Gasteiger partial charge in [0.15, 0.2) is 11.5 Å². The number of allylic oxidation sites excluding steroid dienone is 1. The van der Waals surface area contributed by atoms with Crippen molar-refractivity contribution in [1.29, 1.82) is 5.26 Å². The Morgan fingerprint density at radius 1 is 1.08 bits per heavy atom. The van der Waals surface area contributed by atoms with Gasteiger partial charge in [0.2, 0.25) is 0 Å². The van der Waals surface area contributed by atoms with Crippen molar-refractivity contribution in [3.8, 4) is 17.6 Å². The van der Waals surface area contributed by atoms with Crippen LogP contribution in [0, 0.1) is 11.3 Å².